The summed E-state index contributed by atoms with van der Waals surface area (Å²) in [6.45, 7) is 3.71. The lowest BCUT2D eigenvalue weighted by Crippen LogP contribution is -2.45. The smallest absolute Gasteiger partial charge is 0.329 e. The topological polar surface area (TPSA) is 122 Å². The summed E-state index contributed by atoms with van der Waals surface area (Å²) in [5.41, 5.74) is 0.994. The van der Waals surface area contributed by atoms with Crippen molar-refractivity contribution in [2.45, 2.75) is 70.6 Å². The van der Waals surface area contributed by atoms with E-state index in [1.54, 1.807) is 7.11 Å². The molecule has 40 heavy (non-hydrogen) atoms. The zero-order chi connectivity index (χ0) is 28.6. The van der Waals surface area contributed by atoms with Crippen LogP contribution in [0.25, 0.3) is 0 Å². The van der Waals surface area contributed by atoms with E-state index in [0.717, 1.165) is 37.0 Å². The first-order valence-corrected chi connectivity index (χ1v) is 13.8. The molecule has 1 saturated heterocycles. The number of ether oxygens (including phenoxy) is 5. The number of amides is 1. The Hall–Kier alpha value is -3.66. The molecule has 1 saturated carbocycles. The van der Waals surface area contributed by atoms with Gasteiger partial charge in [0, 0.05) is 25.8 Å². The van der Waals surface area contributed by atoms with E-state index in [9.17, 15) is 14.4 Å². The highest BCUT2D eigenvalue weighted by Gasteiger charge is 2.37. The average Bonchev–Trinajstić information content (AvgIpc) is 3.76. The lowest BCUT2D eigenvalue weighted by Gasteiger charge is -2.31. The minimum Gasteiger partial charge on any atom is -0.497 e. The van der Waals surface area contributed by atoms with Gasteiger partial charge in [-0.3, -0.25) is 9.59 Å². The molecule has 1 N–H and O–H groups in total. The zero-order valence-electron chi connectivity index (χ0n) is 23.5. The Balaban J connectivity index is 1.51. The number of pyridine rings is 1. The normalized spacial score (nSPS) is 23.1. The minimum atomic E-state index is -0.906. The summed E-state index contributed by atoms with van der Waals surface area (Å²) in [6.07, 6.45) is 5.48. The average molecular weight is 555 g/mol. The van der Waals surface area contributed by atoms with Gasteiger partial charge in [-0.15, -0.1) is 0 Å². The molecule has 1 aliphatic carbocycles. The third-order valence-electron chi connectivity index (χ3n) is 7.31. The number of carbonyl (C=O) groups excluding carboxylic acids is 3. The predicted molar refractivity (Wildman–Crippen MR) is 145 cm³/mol. The molecule has 1 amide bonds. The highest BCUT2D eigenvalue weighted by Crippen LogP contribution is 2.33. The van der Waals surface area contributed by atoms with E-state index in [-0.39, 0.29) is 29.2 Å². The molecule has 216 valence electrons. The van der Waals surface area contributed by atoms with Crippen LogP contribution in [0.2, 0.25) is 0 Å². The number of cyclic esters (lactones) is 1. The second-order valence-corrected chi connectivity index (χ2v) is 10.4. The van der Waals surface area contributed by atoms with Gasteiger partial charge in [0.2, 0.25) is 5.75 Å². The number of esters is 2. The van der Waals surface area contributed by atoms with E-state index in [1.807, 2.05) is 31.2 Å². The van der Waals surface area contributed by atoms with Crippen molar-refractivity contribution >= 4 is 17.8 Å². The van der Waals surface area contributed by atoms with Crippen LogP contribution in [0, 0.1) is 11.8 Å². The van der Waals surface area contributed by atoms with Crippen LogP contribution >= 0.6 is 0 Å². The van der Waals surface area contributed by atoms with Gasteiger partial charge in [-0.2, -0.15) is 0 Å². The van der Waals surface area contributed by atoms with Gasteiger partial charge in [-0.1, -0.05) is 18.6 Å². The Labute approximate surface area is 234 Å². The number of hydrogen-bond acceptors (Lipinski definition) is 9. The van der Waals surface area contributed by atoms with Crippen LogP contribution in [0.3, 0.4) is 0 Å². The summed E-state index contributed by atoms with van der Waals surface area (Å²) in [5.74, 6) is -0.292. The molecule has 4 rings (SSSR count). The van der Waals surface area contributed by atoms with Crippen LogP contribution in [0.15, 0.2) is 36.5 Å². The third-order valence-corrected chi connectivity index (χ3v) is 7.31. The summed E-state index contributed by atoms with van der Waals surface area (Å²) in [4.78, 5) is 42.3. The van der Waals surface area contributed by atoms with Crippen molar-refractivity contribution in [2.24, 2.45) is 11.8 Å². The van der Waals surface area contributed by atoms with Crippen LogP contribution in [0.4, 0.5) is 0 Å². The van der Waals surface area contributed by atoms with E-state index in [2.05, 4.69) is 10.3 Å². The maximum Gasteiger partial charge on any atom is 0.329 e. The molecule has 1 aromatic heterocycles. The Morgan fingerprint density at radius 1 is 1.05 bits per heavy atom. The number of methoxy groups -OCH3 is 2. The van der Waals surface area contributed by atoms with Crippen molar-refractivity contribution in [3.63, 3.8) is 0 Å². The van der Waals surface area contributed by atoms with Gasteiger partial charge < -0.3 is 29.0 Å². The van der Waals surface area contributed by atoms with Crippen molar-refractivity contribution in [1.82, 2.24) is 10.3 Å². The number of aromatic nitrogens is 1. The Morgan fingerprint density at radius 2 is 1.80 bits per heavy atom. The molecule has 10 nitrogen and oxygen atoms in total. The summed E-state index contributed by atoms with van der Waals surface area (Å²) < 4.78 is 28.0. The molecule has 2 fully saturated rings. The lowest BCUT2D eigenvalue weighted by molar-refractivity contribution is -0.161. The van der Waals surface area contributed by atoms with Crippen LogP contribution in [0.5, 0.6) is 17.2 Å². The molecule has 2 heterocycles. The standard InChI is InChI=1S/C30H38N2O8/c1-18-27(38-17-21-8-9-21)22(16-20-10-12-23(36-3)13-11-20)6-5-7-24(30(35)39-18)32-29(34)26-28(40-19(2)33)25(37-4)14-15-31-26/h10-15,18,21-22,24,27H,5-9,16-17H2,1-4H3,(H,32,34)/t18-,22+,24-,27-/m0/s1. The molecule has 2 aromatic rings. The van der Waals surface area contributed by atoms with Crippen LogP contribution in [-0.4, -0.2) is 61.9 Å². The number of carbonyl (C=O) groups is 3. The number of benzene rings is 1. The van der Waals surface area contributed by atoms with E-state index < -0.39 is 30.0 Å². The fourth-order valence-electron chi connectivity index (χ4n) is 5.02. The number of rotatable bonds is 10. The third kappa shape index (κ3) is 7.71. The number of nitrogens with one attached hydrogen (secondary N) is 1. The van der Waals surface area contributed by atoms with Gasteiger partial charge in [-0.25, -0.2) is 9.78 Å². The summed E-state index contributed by atoms with van der Waals surface area (Å²) in [6, 6.07) is 8.55. The molecular weight excluding hydrogens is 516 g/mol. The van der Waals surface area contributed by atoms with Crippen LogP contribution in [-0.2, 0) is 25.5 Å². The highest BCUT2D eigenvalue weighted by molar-refractivity contribution is 5.98. The van der Waals surface area contributed by atoms with Crippen molar-refractivity contribution in [3.8, 4) is 17.2 Å². The summed E-state index contributed by atoms with van der Waals surface area (Å²) in [5, 5.41) is 2.74. The first-order chi connectivity index (χ1) is 19.3. The number of hydrogen-bond donors (Lipinski definition) is 1. The van der Waals surface area contributed by atoms with E-state index in [0.29, 0.717) is 25.4 Å². The quantitative estimate of drug-likeness (QED) is 0.436. The molecule has 0 radical (unpaired) electrons. The molecule has 0 bridgehead atoms. The van der Waals surface area contributed by atoms with Crippen molar-refractivity contribution < 1.29 is 38.1 Å². The van der Waals surface area contributed by atoms with Gasteiger partial charge in [-0.05, 0) is 68.6 Å². The maximum absolute atomic E-state index is 13.3. The summed E-state index contributed by atoms with van der Waals surface area (Å²) >= 11 is 0. The summed E-state index contributed by atoms with van der Waals surface area (Å²) in [7, 11) is 3.03. The van der Waals surface area contributed by atoms with Gasteiger partial charge >= 0.3 is 11.9 Å². The van der Waals surface area contributed by atoms with Crippen LogP contribution in [0.1, 0.15) is 62.0 Å². The first-order valence-electron chi connectivity index (χ1n) is 13.8. The monoisotopic (exact) mass is 554 g/mol. The largest absolute Gasteiger partial charge is 0.497 e. The maximum atomic E-state index is 13.3. The van der Waals surface area contributed by atoms with Gasteiger partial charge in [0.25, 0.3) is 5.91 Å². The van der Waals surface area contributed by atoms with Gasteiger partial charge in [0.05, 0.1) is 20.3 Å². The fraction of sp³-hybridized carbons (Fsp3) is 0.533. The molecule has 0 spiro atoms. The Kier molecular flexibility index (Phi) is 9.98. The SMILES string of the molecule is COc1ccc(C[C@H]2CCC[C@H](NC(=O)c3nccc(OC)c3OC(C)=O)C(=O)O[C@@H](C)[C@@H]2OCC2CC2)cc1. The van der Waals surface area contributed by atoms with Crippen LogP contribution < -0.4 is 19.5 Å². The molecule has 1 aromatic carbocycles. The molecule has 10 heteroatoms. The second kappa shape index (κ2) is 13.6. The highest BCUT2D eigenvalue weighted by atomic mass is 16.6. The molecule has 1 aliphatic heterocycles. The second-order valence-electron chi connectivity index (χ2n) is 10.4. The molecule has 4 atom stereocenters. The lowest BCUT2D eigenvalue weighted by atomic mass is 9.86. The van der Waals surface area contributed by atoms with E-state index in [4.69, 9.17) is 23.7 Å². The Morgan fingerprint density at radius 3 is 2.45 bits per heavy atom. The van der Waals surface area contributed by atoms with E-state index in [1.165, 1.54) is 26.3 Å². The van der Waals surface area contributed by atoms with Crippen molar-refractivity contribution in [1.29, 1.82) is 0 Å². The first kappa shape index (κ1) is 29.3. The van der Waals surface area contributed by atoms with Crippen molar-refractivity contribution in [2.75, 3.05) is 20.8 Å². The van der Waals surface area contributed by atoms with Crippen molar-refractivity contribution in [3.05, 3.63) is 47.8 Å². The predicted octanol–water partition coefficient (Wildman–Crippen LogP) is 3.89. The van der Waals surface area contributed by atoms with Gasteiger partial charge in [0.15, 0.2) is 11.4 Å². The molecule has 0 unspecified atom stereocenters. The minimum absolute atomic E-state index is 0.104. The molecule has 2 aliphatic rings. The fourth-order valence-corrected chi connectivity index (χ4v) is 5.02. The molecular formula is C30H38N2O8. The zero-order valence-corrected chi connectivity index (χ0v) is 23.5. The number of nitrogens with zero attached hydrogens (tertiary/aromatic N) is 1. The van der Waals surface area contributed by atoms with E-state index >= 15 is 0 Å². The Bertz CT molecular complexity index is 1180. The van der Waals surface area contributed by atoms with Gasteiger partial charge in [0.1, 0.15) is 17.9 Å².